The molecule has 0 atom stereocenters. The lowest BCUT2D eigenvalue weighted by molar-refractivity contribution is -0.134. The van der Waals surface area contributed by atoms with Gasteiger partial charge in [-0.1, -0.05) is 37.4 Å². The average molecular weight is 274 g/mol. The summed E-state index contributed by atoms with van der Waals surface area (Å²) in [7, 11) is 0. The smallest absolute Gasteiger partial charge is 0.243 e. The first-order valence-electron chi connectivity index (χ1n) is 5.98. The standard InChI is InChI=1S/C13H17ClFNO2/c1-2-3-4-5-13(17)16-18-9-10-6-7-11(15)8-12(10)14/h6-8H,2-5,9H2,1H3,(H,16,17). The van der Waals surface area contributed by atoms with E-state index in [0.717, 1.165) is 19.3 Å². The minimum absolute atomic E-state index is 0.124. The van der Waals surface area contributed by atoms with Crippen molar-refractivity contribution in [2.75, 3.05) is 0 Å². The highest BCUT2D eigenvalue weighted by molar-refractivity contribution is 6.31. The van der Waals surface area contributed by atoms with Gasteiger partial charge in [0, 0.05) is 11.4 Å². The number of hydrogen-bond donors (Lipinski definition) is 1. The molecule has 0 fully saturated rings. The fraction of sp³-hybridized carbons (Fsp3) is 0.462. The van der Waals surface area contributed by atoms with E-state index in [9.17, 15) is 9.18 Å². The highest BCUT2D eigenvalue weighted by atomic mass is 35.5. The summed E-state index contributed by atoms with van der Waals surface area (Å²) in [6.45, 7) is 2.20. The summed E-state index contributed by atoms with van der Waals surface area (Å²) < 4.78 is 12.8. The van der Waals surface area contributed by atoms with Crippen molar-refractivity contribution in [2.24, 2.45) is 0 Å². The summed E-state index contributed by atoms with van der Waals surface area (Å²) in [5, 5.41) is 0.287. The van der Waals surface area contributed by atoms with E-state index in [1.807, 2.05) is 0 Å². The fourth-order valence-electron chi connectivity index (χ4n) is 1.42. The maximum absolute atomic E-state index is 12.8. The lowest BCUT2D eigenvalue weighted by Crippen LogP contribution is -2.23. The molecule has 5 heteroatoms. The van der Waals surface area contributed by atoms with Crippen LogP contribution in [0.4, 0.5) is 4.39 Å². The van der Waals surface area contributed by atoms with Crippen LogP contribution >= 0.6 is 11.6 Å². The Balaban J connectivity index is 2.26. The van der Waals surface area contributed by atoms with E-state index in [1.54, 1.807) is 0 Å². The van der Waals surface area contributed by atoms with Crippen LogP contribution in [-0.2, 0) is 16.2 Å². The normalized spacial score (nSPS) is 10.4. The number of halogens is 2. The maximum Gasteiger partial charge on any atom is 0.243 e. The van der Waals surface area contributed by atoms with Crippen LogP contribution in [0.1, 0.15) is 38.2 Å². The molecule has 0 heterocycles. The third kappa shape index (κ3) is 5.47. The summed E-state index contributed by atoms with van der Waals surface area (Å²) in [5.74, 6) is -0.547. The number of amides is 1. The Morgan fingerprint density at radius 2 is 2.22 bits per heavy atom. The summed E-state index contributed by atoms with van der Waals surface area (Å²) in [6, 6.07) is 4.04. The molecule has 0 aromatic heterocycles. The van der Waals surface area contributed by atoms with Crippen molar-refractivity contribution >= 4 is 17.5 Å². The molecule has 0 radical (unpaired) electrons. The maximum atomic E-state index is 12.8. The molecule has 1 aromatic rings. The largest absolute Gasteiger partial charge is 0.273 e. The van der Waals surface area contributed by atoms with Crippen molar-refractivity contribution in [3.63, 3.8) is 0 Å². The van der Waals surface area contributed by atoms with Gasteiger partial charge in [0.1, 0.15) is 12.4 Å². The molecule has 0 saturated heterocycles. The second-order valence-corrected chi connectivity index (χ2v) is 4.41. The molecule has 1 aromatic carbocycles. The number of rotatable bonds is 7. The summed E-state index contributed by atoms with van der Waals surface area (Å²) in [4.78, 5) is 16.3. The Morgan fingerprint density at radius 1 is 1.44 bits per heavy atom. The molecule has 0 aliphatic heterocycles. The molecule has 0 unspecified atom stereocenters. The minimum atomic E-state index is -0.396. The fourth-order valence-corrected chi connectivity index (χ4v) is 1.64. The number of nitrogens with one attached hydrogen (secondary N) is 1. The van der Waals surface area contributed by atoms with Gasteiger partial charge >= 0.3 is 0 Å². The Kier molecular flexibility index (Phi) is 6.68. The number of hydroxylamine groups is 1. The van der Waals surface area contributed by atoms with Crippen LogP contribution in [0.25, 0.3) is 0 Å². The summed E-state index contributed by atoms with van der Waals surface area (Å²) >= 11 is 5.81. The van der Waals surface area contributed by atoms with Gasteiger partial charge in [-0.3, -0.25) is 9.63 Å². The molecule has 0 bridgehead atoms. The zero-order valence-electron chi connectivity index (χ0n) is 10.3. The number of carbonyl (C=O) groups excluding carboxylic acids is 1. The predicted molar refractivity (Wildman–Crippen MR) is 68.5 cm³/mol. The predicted octanol–water partition coefficient (Wildman–Crippen LogP) is 3.61. The van der Waals surface area contributed by atoms with Crippen molar-refractivity contribution in [2.45, 2.75) is 39.2 Å². The molecule has 100 valence electrons. The van der Waals surface area contributed by atoms with E-state index in [2.05, 4.69) is 12.4 Å². The van der Waals surface area contributed by atoms with E-state index >= 15 is 0 Å². The van der Waals surface area contributed by atoms with Crippen LogP contribution in [0, 0.1) is 5.82 Å². The molecule has 0 aliphatic carbocycles. The monoisotopic (exact) mass is 273 g/mol. The van der Waals surface area contributed by atoms with E-state index < -0.39 is 5.82 Å². The molecule has 0 spiro atoms. The van der Waals surface area contributed by atoms with Gasteiger partial charge < -0.3 is 0 Å². The second kappa shape index (κ2) is 8.06. The number of unbranched alkanes of at least 4 members (excludes halogenated alkanes) is 2. The molecule has 1 amide bonds. The van der Waals surface area contributed by atoms with Gasteiger partial charge in [0.05, 0.1) is 0 Å². The van der Waals surface area contributed by atoms with Crippen molar-refractivity contribution < 1.29 is 14.0 Å². The zero-order chi connectivity index (χ0) is 13.4. The van der Waals surface area contributed by atoms with Crippen LogP contribution < -0.4 is 5.48 Å². The molecule has 1 N–H and O–H groups in total. The topological polar surface area (TPSA) is 38.3 Å². The van der Waals surface area contributed by atoms with Gasteiger partial charge in [-0.2, -0.15) is 0 Å². The van der Waals surface area contributed by atoms with Gasteiger partial charge in [0.2, 0.25) is 5.91 Å². The van der Waals surface area contributed by atoms with Crippen molar-refractivity contribution in [1.82, 2.24) is 5.48 Å². The van der Waals surface area contributed by atoms with Crippen LogP contribution in [0.2, 0.25) is 5.02 Å². The van der Waals surface area contributed by atoms with E-state index in [4.69, 9.17) is 16.4 Å². The Hall–Kier alpha value is -1.13. The molecule has 3 nitrogen and oxygen atoms in total. The van der Waals surface area contributed by atoms with E-state index in [-0.39, 0.29) is 17.5 Å². The Labute approximate surface area is 111 Å². The highest BCUT2D eigenvalue weighted by Gasteiger charge is 2.04. The quantitative estimate of drug-likeness (QED) is 0.609. The van der Waals surface area contributed by atoms with Crippen molar-refractivity contribution in [3.8, 4) is 0 Å². The van der Waals surface area contributed by atoms with Crippen molar-refractivity contribution in [3.05, 3.63) is 34.6 Å². The minimum Gasteiger partial charge on any atom is -0.273 e. The first kappa shape index (κ1) is 14.9. The SMILES string of the molecule is CCCCCC(=O)NOCc1ccc(F)cc1Cl. The van der Waals surface area contributed by atoms with E-state index in [1.165, 1.54) is 18.2 Å². The van der Waals surface area contributed by atoms with Gasteiger partial charge in [-0.15, -0.1) is 0 Å². The number of benzene rings is 1. The molecule has 0 aliphatic rings. The lowest BCUT2D eigenvalue weighted by Gasteiger charge is -2.07. The summed E-state index contributed by atoms with van der Waals surface area (Å²) in [6.07, 6.45) is 3.39. The molecule has 0 saturated carbocycles. The van der Waals surface area contributed by atoms with Gasteiger partial charge in [-0.05, 0) is 24.1 Å². The second-order valence-electron chi connectivity index (χ2n) is 4.01. The van der Waals surface area contributed by atoms with Crippen LogP contribution in [0.3, 0.4) is 0 Å². The third-order valence-electron chi connectivity index (χ3n) is 2.44. The zero-order valence-corrected chi connectivity index (χ0v) is 11.1. The van der Waals surface area contributed by atoms with Crippen LogP contribution in [0.15, 0.2) is 18.2 Å². The Morgan fingerprint density at radius 3 is 2.89 bits per heavy atom. The molecule has 18 heavy (non-hydrogen) atoms. The number of carbonyl (C=O) groups is 1. The van der Waals surface area contributed by atoms with Crippen LogP contribution in [-0.4, -0.2) is 5.91 Å². The Bertz CT molecular complexity index is 399. The van der Waals surface area contributed by atoms with Gasteiger partial charge in [0.15, 0.2) is 0 Å². The first-order chi connectivity index (χ1) is 8.63. The lowest BCUT2D eigenvalue weighted by atomic mass is 10.2. The van der Waals surface area contributed by atoms with Crippen LogP contribution in [0.5, 0.6) is 0 Å². The molecule has 1 rings (SSSR count). The highest BCUT2D eigenvalue weighted by Crippen LogP contribution is 2.17. The summed E-state index contributed by atoms with van der Waals surface area (Å²) in [5.41, 5.74) is 2.97. The van der Waals surface area contributed by atoms with Gasteiger partial charge in [0.25, 0.3) is 0 Å². The first-order valence-corrected chi connectivity index (χ1v) is 6.36. The van der Waals surface area contributed by atoms with Gasteiger partial charge in [-0.25, -0.2) is 9.87 Å². The average Bonchev–Trinajstić information content (AvgIpc) is 2.32. The molecular weight excluding hydrogens is 257 g/mol. The van der Waals surface area contributed by atoms with E-state index in [0.29, 0.717) is 12.0 Å². The molecular formula is C13H17ClFNO2. The number of hydrogen-bond acceptors (Lipinski definition) is 2. The third-order valence-corrected chi connectivity index (χ3v) is 2.79. The van der Waals surface area contributed by atoms with Crippen molar-refractivity contribution in [1.29, 1.82) is 0 Å².